The van der Waals surface area contributed by atoms with E-state index in [1.807, 2.05) is 6.92 Å². The van der Waals surface area contributed by atoms with Gasteiger partial charge < -0.3 is 9.84 Å². The van der Waals surface area contributed by atoms with Crippen LogP contribution in [0.3, 0.4) is 0 Å². The van der Waals surface area contributed by atoms with Gasteiger partial charge in [-0.3, -0.25) is 9.59 Å². The van der Waals surface area contributed by atoms with Gasteiger partial charge in [-0.05, 0) is 31.4 Å². The molecule has 0 radical (unpaired) electrons. The highest BCUT2D eigenvalue weighted by atomic mass is 79.9. The van der Waals surface area contributed by atoms with Crippen LogP contribution in [-0.4, -0.2) is 23.7 Å². The van der Waals surface area contributed by atoms with Crippen molar-refractivity contribution in [1.82, 2.24) is 0 Å². The average molecular weight is 355 g/mol. The first kappa shape index (κ1) is 17.4. The van der Waals surface area contributed by atoms with Crippen LogP contribution in [0.25, 0.3) is 0 Å². The number of benzene rings is 1. The van der Waals surface area contributed by atoms with Crippen LogP contribution < -0.4 is 0 Å². The molecule has 1 N–H and O–H groups in total. The Bertz CT molecular complexity index is 553. The van der Waals surface area contributed by atoms with Crippen molar-refractivity contribution in [2.24, 2.45) is 0 Å². The Morgan fingerprint density at radius 1 is 1.33 bits per heavy atom. The maximum absolute atomic E-state index is 12.4. The minimum absolute atomic E-state index is 0.0142. The van der Waals surface area contributed by atoms with E-state index >= 15 is 0 Å². The first-order chi connectivity index (χ1) is 9.90. The number of carbonyl (C=O) groups is 2. The van der Waals surface area contributed by atoms with Crippen molar-refractivity contribution in [3.05, 3.63) is 46.5 Å². The summed E-state index contributed by atoms with van der Waals surface area (Å²) in [7, 11) is 0. The fourth-order valence-corrected chi connectivity index (χ4v) is 2.74. The van der Waals surface area contributed by atoms with E-state index in [0.717, 1.165) is 0 Å². The van der Waals surface area contributed by atoms with Crippen molar-refractivity contribution in [2.45, 2.75) is 32.1 Å². The van der Waals surface area contributed by atoms with Crippen LogP contribution in [-0.2, 0) is 19.7 Å². The minimum atomic E-state index is -1.77. The molecule has 5 heteroatoms. The number of allylic oxidation sites excluding steroid dienone is 1. The summed E-state index contributed by atoms with van der Waals surface area (Å²) in [6.07, 6.45) is 0.610. The van der Waals surface area contributed by atoms with Crippen molar-refractivity contribution < 1.29 is 19.4 Å². The summed E-state index contributed by atoms with van der Waals surface area (Å²) >= 11 is 3.33. The van der Waals surface area contributed by atoms with Gasteiger partial charge in [0.1, 0.15) is 0 Å². The molecule has 114 valence electrons. The monoisotopic (exact) mass is 354 g/mol. The molecule has 1 atom stereocenters. The van der Waals surface area contributed by atoms with Gasteiger partial charge in [0.15, 0.2) is 5.41 Å². The third-order valence-corrected chi connectivity index (χ3v) is 4.03. The number of esters is 1. The van der Waals surface area contributed by atoms with Crippen LogP contribution in [0.1, 0.15) is 32.3 Å². The van der Waals surface area contributed by atoms with Crippen LogP contribution in [0.4, 0.5) is 0 Å². The molecule has 0 aliphatic carbocycles. The molecule has 0 amide bonds. The normalized spacial score (nSPS) is 13.3. The Labute approximate surface area is 132 Å². The molecule has 1 rings (SSSR count). The molecule has 1 aromatic rings. The van der Waals surface area contributed by atoms with Crippen LogP contribution >= 0.6 is 15.9 Å². The van der Waals surface area contributed by atoms with Gasteiger partial charge in [0, 0.05) is 4.47 Å². The zero-order valence-corrected chi connectivity index (χ0v) is 13.8. The first-order valence-electron chi connectivity index (χ1n) is 6.72. The van der Waals surface area contributed by atoms with E-state index in [9.17, 15) is 14.7 Å². The quantitative estimate of drug-likeness (QED) is 0.460. The molecule has 0 aromatic heterocycles. The molecule has 1 unspecified atom stereocenters. The second kappa shape index (κ2) is 7.41. The zero-order chi connectivity index (χ0) is 16.0. The van der Waals surface area contributed by atoms with Gasteiger partial charge in [0.25, 0.3) is 0 Å². The molecule has 0 fully saturated rings. The van der Waals surface area contributed by atoms with E-state index in [0.29, 0.717) is 22.0 Å². The molecule has 0 saturated heterocycles. The summed E-state index contributed by atoms with van der Waals surface area (Å²) < 4.78 is 5.60. The summed E-state index contributed by atoms with van der Waals surface area (Å²) in [6.45, 7) is 7.50. The van der Waals surface area contributed by atoms with Crippen molar-refractivity contribution in [1.29, 1.82) is 0 Å². The minimum Gasteiger partial charge on any atom is -0.480 e. The number of carboxylic acid groups (broad SMARTS) is 1. The molecule has 0 aliphatic rings. The van der Waals surface area contributed by atoms with Gasteiger partial charge in [0.05, 0.1) is 6.61 Å². The van der Waals surface area contributed by atoms with E-state index in [-0.39, 0.29) is 13.0 Å². The van der Waals surface area contributed by atoms with Crippen molar-refractivity contribution >= 4 is 27.9 Å². The average Bonchev–Trinajstić information content (AvgIpc) is 2.45. The van der Waals surface area contributed by atoms with Crippen molar-refractivity contribution in [2.75, 3.05) is 6.61 Å². The number of aliphatic carboxylic acids is 1. The molecule has 0 saturated carbocycles. The molecule has 0 bridgehead atoms. The Balaban J connectivity index is 3.51. The smallest absolute Gasteiger partial charge is 0.328 e. The molecule has 4 nitrogen and oxygen atoms in total. The van der Waals surface area contributed by atoms with E-state index in [4.69, 9.17) is 4.74 Å². The molecule has 0 aliphatic heterocycles. The molecular formula is C16H19BrO4. The lowest BCUT2D eigenvalue weighted by atomic mass is 9.75. The second-order valence-electron chi connectivity index (χ2n) is 4.69. The van der Waals surface area contributed by atoms with E-state index < -0.39 is 17.4 Å². The van der Waals surface area contributed by atoms with Gasteiger partial charge in [-0.15, -0.1) is 0 Å². The van der Waals surface area contributed by atoms with Gasteiger partial charge in [-0.25, -0.2) is 0 Å². The van der Waals surface area contributed by atoms with Crippen molar-refractivity contribution in [3.8, 4) is 0 Å². The van der Waals surface area contributed by atoms with E-state index in [1.165, 1.54) is 0 Å². The standard InChI is InChI=1S/C16H19BrO4/c1-4-11(3)10-16(14(18)19,15(20)21-5-2)12-8-6-7-9-13(12)17/h6-9H,3-5,10H2,1-2H3,(H,18,19). The lowest BCUT2D eigenvalue weighted by Crippen LogP contribution is -2.45. The fourth-order valence-electron chi connectivity index (χ4n) is 2.12. The topological polar surface area (TPSA) is 63.6 Å². The number of hydrogen-bond donors (Lipinski definition) is 1. The molecular weight excluding hydrogens is 336 g/mol. The fraction of sp³-hybridized carbons (Fsp3) is 0.375. The highest BCUT2D eigenvalue weighted by Gasteiger charge is 2.50. The van der Waals surface area contributed by atoms with E-state index in [2.05, 4.69) is 22.5 Å². The summed E-state index contributed by atoms with van der Waals surface area (Å²) in [5, 5.41) is 9.78. The molecule has 0 heterocycles. The number of rotatable bonds is 7. The van der Waals surface area contributed by atoms with Gasteiger partial charge in [-0.2, -0.15) is 0 Å². The summed E-state index contributed by atoms with van der Waals surface area (Å²) in [6, 6.07) is 6.80. The number of halogens is 1. The zero-order valence-electron chi connectivity index (χ0n) is 12.2. The largest absolute Gasteiger partial charge is 0.480 e. The second-order valence-corrected chi connectivity index (χ2v) is 5.55. The number of carbonyl (C=O) groups excluding carboxylic acids is 1. The predicted octanol–water partition coefficient (Wildman–Crippen LogP) is 3.69. The van der Waals surface area contributed by atoms with Crippen LogP contribution in [0.2, 0.25) is 0 Å². The number of carboxylic acids is 1. The Kier molecular flexibility index (Phi) is 6.15. The van der Waals surface area contributed by atoms with Gasteiger partial charge in [0.2, 0.25) is 0 Å². The third kappa shape index (κ3) is 3.53. The number of hydrogen-bond acceptors (Lipinski definition) is 3. The lowest BCUT2D eigenvalue weighted by Gasteiger charge is -2.29. The Morgan fingerprint density at radius 3 is 2.43 bits per heavy atom. The van der Waals surface area contributed by atoms with Gasteiger partial charge >= 0.3 is 11.9 Å². The SMILES string of the molecule is C=C(CC)CC(C(=O)O)(C(=O)OCC)c1ccccc1Br. The summed E-state index contributed by atoms with van der Waals surface area (Å²) in [5.74, 6) is -2.00. The third-order valence-electron chi connectivity index (χ3n) is 3.34. The van der Waals surface area contributed by atoms with Crippen LogP contribution in [0.5, 0.6) is 0 Å². The van der Waals surface area contributed by atoms with Crippen LogP contribution in [0, 0.1) is 0 Å². The molecule has 21 heavy (non-hydrogen) atoms. The summed E-state index contributed by atoms with van der Waals surface area (Å²) in [4.78, 5) is 24.4. The van der Waals surface area contributed by atoms with Crippen LogP contribution in [0.15, 0.2) is 40.9 Å². The highest BCUT2D eigenvalue weighted by Crippen LogP contribution is 2.38. The van der Waals surface area contributed by atoms with Gasteiger partial charge in [-0.1, -0.05) is 53.2 Å². The predicted molar refractivity (Wildman–Crippen MR) is 84.1 cm³/mol. The highest BCUT2D eigenvalue weighted by molar-refractivity contribution is 9.10. The Morgan fingerprint density at radius 2 is 1.95 bits per heavy atom. The number of ether oxygens (including phenoxy) is 1. The molecule has 1 aromatic carbocycles. The Hall–Kier alpha value is -1.62. The van der Waals surface area contributed by atoms with Crippen molar-refractivity contribution in [3.63, 3.8) is 0 Å². The van der Waals surface area contributed by atoms with E-state index in [1.54, 1.807) is 31.2 Å². The first-order valence-corrected chi connectivity index (χ1v) is 7.51. The lowest BCUT2D eigenvalue weighted by molar-refractivity contribution is -0.161. The maximum atomic E-state index is 12.4. The molecule has 0 spiro atoms. The maximum Gasteiger partial charge on any atom is 0.328 e. The summed E-state index contributed by atoms with van der Waals surface area (Å²) in [5.41, 5.74) is -0.713.